The molecule has 0 aliphatic heterocycles. The zero-order valence-corrected chi connectivity index (χ0v) is 12.2. The summed E-state index contributed by atoms with van der Waals surface area (Å²) >= 11 is 0. The first-order valence-corrected chi connectivity index (χ1v) is 7.57. The average molecular weight is 299 g/mol. The Bertz CT molecular complexity index is 641. The van der Waals surface area contributed by atoms with Crippen molar-refractivity contribution < 1.29 is 9.18 Å². The molecule has 5 heteroatoms. The molecule has 22 heavy (non-hydrogen) atoms. The number of carbonyl (C=O) groups excluding carboxylic acids is 1. The monoisotopic (exact) mass is 299 g/mol. The van der Waals surface area contributed by atoms with E-state index in [1.54, 1.807) is 24.3 Å². The SMILES string of the molecule is O=C(NC(c1ccccc1F)C1CCCC1)c1ccncn1. The van der Waals surface area contributed by atoms with E-state index in [1.807, 2.05) is 0 Å². The number of hydrogen-bond acceptors (Lipinski definition) is 3. The second-order valence-electron chi connectivity index (χ2n) is 5.61. The van der Waals surface area contributed by atoms with Crippen LogP contribution in [0.2, 0.25) is 0 Å². The number of benzene rings is 1. The van der Waals surface area contributed by atoms with Gasteiger partial charge in [0.1, 0.15) is 17.8 Å². The molecule has 2 aromatic rings. The van der Waals surface area contributed by atoms with Crippen molar-refractivity contribution in [3.05, 3.63) is 59.9 Å². The van der Waals surface area contributed by atoms with Gasteiger partial charge in [0.05, 0.1) is 6.04 Å². The molecule has 0 radical (unpaired) electrons. The maximum absolute atomic E-state index is 14.2. The lowest BCUT2D eigenvalue weighted by atomic mass is 9.91. The van der Waals surface area contributed by atoms with E-state index in [2.05, 4.69) is 15.3 Å². The van der Waals surface area contributed by atoms with Gasteiger partial charge in [-0.25, -0.2) is 14.4 Å². The Hall–Kier alpha value is -2.30. The third kappa shape index (κ3) is 3.13. The van der Waals surface area contributed by atoms with Gasteiger partial charge < -0.3 is 5.32 Å². The van der Waals surface area contributed by atoms with E-state index in [0.29, 0.717) is 11.3 Å². The van der Waals surface area contributed by atoms with E-state index < -0.39 is 0 Å². The zero-order chi connectivity index (χ0) is 15.4. The van der Waals surface area contributed by atoms with Crippen LogP contribution in [0.15, 0.2) is 42.9 Å². The van der Waals surface area contributed by atoms with Gasteiger partial charge in [-0.15, -0.1) is 0 Å². The number of aromatic nitrogens is 2. The summed E-state index contributed by atoms with van der Waals surface area (Å²) in [6.07, 6.45) is 7.11. The van der Waals surface area contributed by atoms with Crippen molar-refractivity contribution in [3.8, 4) is 0 Å². The van der Waals surface area contributed by atoms with Gasteiger partial charge in [0.25, 0.3) is 5.91 Å². The van der Waals surface area contributed by atoms with Crippen LogP contribution in [0.25, 0.3) is 0 Å². The van der Waals surface area contributed by atoms with Crippen LogP contribution in [0, 0.1) is 11.7 Å². The van der Waals surface area contributed by atoms with Crippen LogP contribution in [0.1, 0.15) is 47.8 Å². The minimum absolute atomic E-state index is 0.266. The molecule has 114 valence electrons. The molecule has 4 nitrogen and oxygen atoms in total. The summed E-state index contributed by atoms with van der Waals surface area (Å²) in [5.41, 5.74) is 0.853. The molecule has 1 N–H and O–H groups in total. The molecule has 0 saturated heterocycles. The highest BCUT2D eigenvalue weighted by Crippen LogP contribution is 2.36. The Morgan fingerprint density at radius 3 is 2.68 bits per heavy atom. The minimum atomic E-state index is -0.314. The maximum Gasteiger partial charge on any atom is 0.270 e. The fraction of sp³-hybridized carbons (Fsp3) is 0.353. The van der Waals surface area contributed by atoms with Gasteiger partial charge in [0.2, 0.25) is 0 Å². The molecule has 1 aromatic heterocycles. The number of rotatable bonds is 4. The molecule has 1 fully saturated rings. The van der Waals surface area contributed by atoms with E-state index in [1.165, 1.54) is 18.6 Å². The Morgan fingerprint density at radius 1 is 1.23 bits per heavy atom. The van der Waals surface area contributed by atoms with Gasteiger partial charge >= 0.3 is 0 Å². The van der Waals surface area contributed by atoms with Gasteiger partial charge in [-0.2, -0.15) is 0 Å². The number of nitrogens with zero attached hydrogens (tertiary/aromatic N) is 2. The molecule has 0 bridgehead atoms. The topological polar surface area (TPSA) is 54.9 Å². The molecule has 1 unspecified atom stereocenters. The summed E-state index contributed by atoms with van der Waals surface area (Å²) in [5, 5.41) is 2.96. The number of carbonyl (C=O) groups is 1. The van der Waals surface area contributed by atoms with Crippen molar-refractivity contribution in [3.63, 3.8) is 0 Å². The highest BCUT2D eigenvalue weighted by molar-refractivity contribution is 5.92. The first-order chi connectivity index (χ1) is 10.8. The van der Waals surface area contributed by atoms with Gasteiger partial charge in [-0.1, -0.05) is 31.0 Å². The number of nitrogens with one attached hydrogen (secondary N) is 1. The van der Waals surface area contributed by atoms with Crippen molar-refractivity contribution in [1.29, 1.82) is 0 Å². The van der Waals surface area contributed by atoms with Crippen molar-refractivity contribution in [2.45, 2.75) is 31.7 Å². The molecule has 1 saturated carbocycles. The molecular formula is C17H18FN3O. The van der Waals surface area contributed by atoms with Crippen LogP contribution in [-0.2, 0) is 0 Å². The molecule has 1 heterocycles. The van der Waals surface area contributed by atoms with Crippen molar-refractivity contribution >= 4 is 5.91 Å². The Balaban J connectivity index is 1.86. The van der Waals surface area contributed by atoms with Gasteiger partial charge in [-0.05, 0) is 30.9 Å². The summed E-state index contributed by atoms with van der Waals surface area (Å²) in [5.74, 6) is -0.298. The Kier molecular flexibility index (Phi) is 4.42. The first-order valence-electron chi connectivity index (χ1n) is 7.57. The van der Waals surface area contributed by atoms with Crippen molar-refractivity contribution in [2.24, 2.45) is 5.92 Å². The molecular weight excluding hydrogens is 281 g/mol. The molecule has 1 atom stereocenters. The normalized spacial score (nSPS) is 16.4. The third-order valence-corrected chi connectivity index (χ3v) is 4.21. The van der Waals surface area contributed by atoms with Gasteiger partial charge in [-0.3, -0.25) is 4.79 Å². The zero-order valence-electron chi connectivity index (χ0n) is 12.2. The smallest absolute Gasteiger partial charge is 0.270 e. The average Bonchev–Trinajstić information content (AvgIpc) is 3.08. The molecule has 1 aliphatic rings. The number of hydrogen-bond donors (Lipinski definition) is 1. The lowest BCUT2D eigenvalue weighted by molar-refractivity contribution is 0.0915. The first kappa shape index (κ1) is 14.6. The van der Waals surface area contributed by atoms with Crippen LogP contribution in [-0.4, -0.2) is 15.9 Å². The molecule has 1 aliphatic carbocycles. The lowest BCUT2D eigenvalue weighted by Gasteiger charge is -2.25. The van der Waals surface area contributed by atoms with E-state index >= 15 is 0 Å². The fourth-order valence-electron chi connectivity index (χ4n) is 3.11. The quantitative estimate of drug-likeness (QED) is 0.942. The second kappa shape index (κ2) is 6.64. The van der Waals surface area contributed by atoms with Crippen molar-refractivity contribution in [2.75, 3.05) is 0 Å². The largest absolute Gasteiger partial charge is 0.344 e. The fourth-order valence-corrected chi connectivity index (χ4v) is 3.11. The van der Waals surface area contributed by atoms with E-state index in [9.17, 15) is 9.18 Å². The van der Waals surface area contributed by atoms with Crippen LogP contribution in [0.5, 0.6) is 0 Å². The predicted molar refractivity (Wildman–Crippen MR) is 80.6 cm³/mol. The van der Waals surface area contributed by atoms with Gasteiger partial charge in [0.15, 0.2) is 0 Å². The molecule has 1 amide bonds. The highest BCUT2D eigenvalue weighted by Gasteiger charge is 2.29. The van der Waals surface area contributed by atoms with Gasteiger partial charge in [0, 0.05) is 11.8 Å². The number of halogens is 1. The predicted octanol–water partition coefficient (Wildman–Crippen LogP) is 3.28. The standard InChI is InChI=1S/C17H18FN3O/c18-14-8-4-3-7-13(14)16(12-5-1-2-6-12)21-17(22)15-9-10-19-11-20-15/h3-4,7-12,16H,1-2,5-6H2,(H,21,22). The summed E-state index contributed by atoms with van der Waals surface area (Å²) < 4.78 is 14.2. The third-order valence-electron chi connectivity index (χ3n) is 4.21. The Labute approximate surface area is 128 Å². The van der Waals surface area contributed by atoms with E-state index in [0.717, 1.165) is 25.7 Å². The van der Waals surface area contributed by atoms with Crippen LogP contribution >= 0.6 is 0 Å². The summed E-state index contributed by atoms with van der Waals surface area (Å²) in [6, 6.07) is 7.90. The van der Waals surface area contributed by atoms with Crippen LogP contribution in [0.4, 0.5) is 4.39 Å². The summed E-state index contributed by atoms with van der Waals surface area (Å²) in [7, 11) is 0. The van der Waals surface area contributed by atoms with Crippen molar-refractivity contribution in [1.82, 2.24) is 15.3 Å². The molecule has 0 spiro atoms. The van der Waals surface area contributed by atoms with E-state index in [-0.39, 0.29) is 23.7 Å². The highest BCUT2D eigenvalue weighted by atomic mass is 19.1. The molecule has 3 rings (SSSR count). The summed E-state index contributed by atoms with van der Waals surface area (Å²) in [6.45, 7) is 0. The summed E-state index contributed by atoms with van der Waals surface area (Å²) in [4.78, 5) is 20.1. The van der Waals surface area contributed by atoms with Crippen LogP contribution in [0.3, 0.4) is 0 Å². The number of amides is 1. The maximum atomic E-state index is 14.2. The minimum Gasteiger partial charge on any atom is -0.344 e. The van der Waals surface area contributed by atoms with Crippen LogP contribution < -0.4 is 5.32 Å². The molecule has 1 aromatic carbocycles. The van der Waals surface area contributed by atoms with E-state index in [4.69, 9.17) is 0 Å². The lowest BCUT2D eigenvalue weighted by Crippen LogP contribution is -2.33. The second-order valence-corrected chi connectivity index (χ2v) is 5.61. The Morgan fingerprint density at radius 2 is 2.00 bits per heavy atom.